The number of esters is 2. The van der Waals surface area contributed by atoms with Crippen molar-refractivity contribution in [2.75, 3.05) is 53.5 Å². The number of thioether (sulfide) groups is 1. The molecule has 0 radical (unpaired) electrons. The van der Waals surface area contributed by atoms with Crippen LogP contribution in [0.3, 0.4) is 0 Å². The zero-order chi connectivity index (χ0) is 40.9. The van der Waals surface area contributed by atoms with Crippen LogP contribution in [0.2, 0.25) is 0 Å². The summed E-state index contributed by atoms with van der Waals surface area (Å²) in [6, 6.07) is 5.42. The van der Waals surface area contributed by atoms with Crippen molar-refractivity contribution in [3.05, 3.63) is 62.7 Å². The standard InChI is InChI=1S/C43H48N4O10S/c1-8-10-46-11-9-23-14-29(49)30(52-6)15-25(23)43(46)18-58-41-33-32(40-39(55-19-56-40)21(3)38(33)57-22(4)48)28(17-54-42(43)51)47-27(16-44)26-13-24-12-20(2)37(53-7)36(50)31(24)34(35(41)47)45(26)5/h12,14-15,26-28,34-35,41,49-50H,8-11,13,17-19H2,1-7H3/t26-,27+,28+,34-,35?,41-,43-/m1/s1. The Balaban J connectivity index is 1.35. The molecule has 0 amide bonds. The number of fused-ring (bicyclic) bond motifs is 9. The first-order valence-corrected chi connectivity index (χ1v) is 20.8. The third-order valence-corrected chi connectivity index (χ3v) is 14.7. The molecule has 2 saturated heterocycles. The van der Waals surface area contributed by atoms with Gasteiger partial charge in [-0.25, -0.2) is 4.79 Å². The summed E-state index contributed by atoms with van der Waals surface area (Å²) in [6.07, 6.45) is 1.86. The average Bonchev–Trinajstić information content (AvgIpc) is 3.69. The number of ether oxygens (including phenoxy) is 6. The van der Waals surface area contributed by atoms with Gasteiger partial charge in [0.2, 0.25) is 6.79 Å². The molecule has 3 aromatic carbocycles. The Morgan fingerprint density at radius 1 is 1.05 bits per heavy atom. The number of hydrogen-bond donors (Lipinski definition) is 2. The second-order valence-corrected chi connectivity index (χ2v) is 17.2. The van der Waals surface area contributed by atoms with Crippen LogP contribution in [0, 0.1) is 25.2 Å². The molecule has 58 heavy (non-hydrogen) atoms. The fraction of sp³-hybridized carbons (Fsp3) is 0.512. The van der Waals surface area contributed by atoms with Crippen LogP contribution in [-0.4, -0.2) is 108 Å². The van der Waals surface area contributed by atoms with Gasteiger partial charge in [-0.3, -0.25) is 19.5 Å². The van der Waals surface area contributed by atoms with Gasteiger partial charge in [-0.2, -0.15) is 5.26 Å². The molecule has 2 N–H and O–H groups in total. The molecule has 7 aliphatic rings. The summed E-state index contributed by atoms with van der Waals surface area (Å²) >= 11 is 1.53. The van der Waals surface area contributed by atoms with E-state index in [9.17, 15) is 20.3 Å². The van der Waals surface area contributed by atoms with Crippen LogP contribution >= 0.6 is 11.8 Å². The Labute approximate surface area is 341 Å². The third kappa shape index (κ3) is 5.27. The molecular formula is C43H48N4O10S. The number of likely N-dealkylation sites (N-methyl/N-ethyl adjacent to an activating group) is 1. The average molecular weight is 813 g/mol. The van der Waals surface area contributed by atoms with Gasteiger partial charge in [-0.15, -0.1) is 11.8 Å². The van der Waals surface area contributed by atoms with Gasteiger partial charge < -0.3 is 38.6 Å². The zero-order valence-electron chi connectivity index (χ0n) is 33.7. The topological polar surface area (TPSA) is 163 Å². The summed E-state index contributed by atoms with van der Waals surface area (Å²) < 4.78 is 36.6. The smallest absolute Gasteiger partial charge is 0.332 e. The van der Waals surface area contributed by atoms with Gasteiger partial charge >= 0.3 is 11.9 Å². The number of methoxy groups -OCH3 is 2. The number of aryl methyl sites for hydroxylation is 1. The first kappa shape index (κ1) is 38.6. The monoisotopic (exact) mass is 812 g/mol. The van der Waals surface area contributed by atoms with Gasteiger partial charge in [-0.05, 0) is 81.1 Å². The van der Waals surface area contributed by atoms with E-state index in [4.69, 9.17) is 28.4 Å². The largest absolute Gasteiger partial charge is 0.504 e. The van der Waals surface area contributed by atoms with Gasteiger partial charge in [0.1, 0.15) is 18.4 Å². The van der Waals surface area contributed by atoms with E-state index in [0.717, 1.165) is 23.1 Å². The quantitative estimate of drug-likeness (QED) is 0.258. The van der Waals surface area contributed by atoms with E-state index in [1.807, 2.05) is 20.9 Å². The van der Waals surface area contributed by atoms with E-state index in [2.05, 4.69) is 33.8 Å². The van der Waals surface area contributed by atoms with Crippen molar-refractivity contribution < 1.29 is 48.2 Å². The normalized spacial score (nSPS) is 28.4. The van der Waals surface area contributed by atoms with Gasteiger partial charge in [-0.1, -0.05) is 13.0 Å². The summed E-state index contributed by atoms with van der Waals surface area (Å²) in [5.41, 5.74) is 4.62. The number of hydrogen-bond acceptors (Lipinski definition) is 15. The predicted molar refractivity (Wildman–Crippen MR) is 212 cm³/mol. The highest BCUT2D eigenvalue weighted by molar-refractivity contribution is 7.99. The third-order valence-electron chi connectivity index (χ3n) is 13.3. The fourth-order valence-corrected chi connectivity index (χ4v) is 12.7. The molecule has 306 valence electrons. The fourth-order valence-electron chi connectivity index (χ4n) is 10.9. The van der Waals surface area contributed by atoms with Crippen molar-refractivity contribution in [3.63, 3.8) is 0 Å². The van der Waals surface area contributed by atoms with Crippen LogP contribution in [0.5, 0.6) is 40.2 Å². The molecule has 7 atom stereocenters. The number of benzene rings is 3. The minimum Gasteiger partial charge on any atom is -0.504 e. The Kier molecular flexibility index (Phi) is 9.42. The molecule has 14 nitrogen and oxygen atoms in total. The number of aromatic hydroxyl groups is 2. The number of nitrogens with zero attached hydrogens (tertiary/aromatic N) is 4. The van der Waals surface area contributed by atoms with Crippen LogP contribution in [0.4, 0.5) is 0 Å². The molecule has 1 spiro atoms. The summed E-state index contributed by atoms with van der Waals surface area (Å²) in [4.78, 5) is 34.9. The molecule has 2 fully saturated rings. The minimum absolute atomic E-state index is 0.00814. The van der Waals surface area contributed by atoms with E-state index in [-0.39, 0.29) is 42.4 Å². The highest BCUT2D eigenvalue weighted by Crippen LogP contribution is 2.65. The number of phenolic OH excluding ortho intramolecular Hbond substituents is 2. The van der Waals surface area contributed by atoms with Crippen LogP contribution in [0.1, 0.15) is 82.1 Å². The number of rotatable bonds is 5. The Hall–Kier alpha value is -4.88. The maximum absolute atomic E-state index is 15.3. The molecule has 7 aliphatic heterocycles. The van der Waals surface area contributed by atoms with Crippen molar-refractivity contribution in [2.45, 2.75) is 88.0 Å². The van der Waals surface area contributed by atoms with E-state index in [1.54, 1.807) is 19.2 Å². The Morgan fingerprint density at radius 2 is 1.83 bits per heavy atom. The molecule has 10 rings (SSSR count). The van der Waals surface area contributed by atoms with Gasteiger partial charge in [0.25, 0.3) is 0 Å². The molecule has 7 heterocycles. The van der Waals surface area contributed by atoms with E-state index in [0.29, 0.717) is 76.7 Å². The lowest BCUT2D eigenvalue weighted by molar-refractivity contribution is -0.164. The Morgan fingerprint density at radius 3 is 2.53 bits per heavy atom. The van der Waals surface area contributed by atoms with E-state index >= 15 is 4.79 Å². The number of carbonyl (C=O) groups excluding carboxylic acids is 2. The number of piperazine rings is 1. The predicted octanol–water partition coefficient (Wildman–Crippen LogP) is 5.11. The van der Waals surface area contributed by atoms with Crippen molar-refractivity contribution in [3.8, 4) is 46.3 Å². The van der Waals surface area contributed by atoms with E-state index < -0.39 is 46.9 Å². The number of phenols is 2. The highest BCUT2D eigenvalue weighted by atomic mass is 32.2. The summed E-state index contributed by atoms with van der Waals surface area (Å²) in [7, 11) is 5.03. The molecule has 0 saturated carbocycles. The summed E-state index contributed by atoms with van der Waals surface area (Å²) in [5, 5.41) is 33.7. The number of carbonyl (C=O) groups is 2. The maximum atomic E-state index is 15.3. The molecule has 1 unspecified atom stereocenters. The van der Waals surface area contributed by atoms with Crippen LogP contribution in [0.25, 0.3) is 0 Å². The van der Waals surface area contributed by atoms with Crippen LogP contribution in [-0.2, 0) is 32.7 Å². The van der Waals surface area contributed by atoms with Crippen molar-refractivity contribution >= 4 is 23.7 Å². The second kappa shape index (κ2) is 14.1. The molecule has 0 aliphatic carbocycles. The van der Waals surface area contributed by atoms with Crippen LogP contribution < -0.4 is 23.7 Å². The van der Waals surface area contributed by atoms with Crippen molar-refractivity contribution in [1.29, 1.82) is 5.26 Å². The lowest BCUT2D eigenvalue weighted by Crippen LogP contribution is -2.69. The highest BCUT2D eigenvalue weighted by Gasteiger charge is 2.62. The zero-order valence-corrected chi connectivity index (χ0v) is 34.5. The molecule has 4 bridgehead atoms. The first-order chi connectivity index (χ1) is 27.9. The van der Waals surface area contributed by atoms with Crippen LogP contribution in [0.15, 0.2) is 18.2 Å². The van der Waals surface area contributed by atoms with Crippen molar-refractivity contribution in [1.82, 2.24) is 14.7 Å². The molecule has 15 heteroatoms. The lowest BCUT2D eigenvalue weighted by Gasteiger charge is -2.62. The summed E-state index contributed by atoms with van der Waals surface area (Å²) in [6.45, 7) is 8.11. The second-order valence-electron chi connectivity index (χ2n) is 16.1. The minimum atomic E-state index is -1.31. The molecule has 3 aromatic rings. The molecular weight excluding hydrogens is 765 g/mol. The van der Waals surface area contributed by atoms with Gasteiger partial charge in [0.05, 0.1) is 37.6 Å². The Bertz CT molecular complexity index is 2300. The SMILES string of the molecule is CCCN1CCc2cc(O)c(OC)cc2[C@@]12CS[C@@H]1c3c(OC(C)=O)c(C)c4c(c3[C@H](COC2=O)N2C1[C@H]1c3c(cc(C)c(OC)c3O)C[C@H]([C@@H]2C#N)N1C)OCO4. The molecule has 0 aromatic heterocycles. The summed E-state index contributed by atoms with van der Waals surface area (Å²) in [5.74, 6) is 1.16. The maximum Gasteiger partial charge on any atom is 0.332 e. The van der Waals surface area contributed by atoms with E-state index in [1.165, 1.54) is 25.8 Å². The number of nitriles is 1. The van der Waals surface area contributed by atoms with Crippen molar-refractivity contribution in [2.24, 2.45) is 0 Å². The first-order valence-electron chi connectivity index (χ1n) is 19.8. The van der Waals surface area contributed by atoms with Gasteiger partial charge in [0.15, 0.2) is 40.0 Å². The lowest BCUT2D eigenvalue weighted by atomic mass is 9.71. The van der Waals surface area contributed by atoms with Gasteiger partial charge in [0, 0.05) is 53.6 Å².